The lowest BCUT2D eigenvalue weighted by Gasteiger charge is -2.19. The lowest BCUT2D eigenvalue weighted by Crippen LogP contribution is -2.41. The molecule has 1 aromatic rings. The van der Waals surface area contributed by atoms with Crippen molar-refractivity contribution in [3.63, 3.8) is 0 Å². The summed E-state index contributed by atoms with van der Waals surface area (Å²) in [6, 6.07) is 7.84. The Bertz CT molecular complexity index is 396. The zero-order valence-corrected chi connectivity index (χ0v) is 12.4. The van der Waals surface area contributed by atoms with E-state index in [1.54, 1.807) is 0 Å². The van der Waals surface area contributed by atoms with Crippen molar-refractivity contribution in [3.8, 4) is 0 Å². The van der Waals surface area contributed by atoms with E-state index in [0.29, 0.717) is 23.9 Å². The molecule has 0 aliphatic rings. The van der Waals surface area contributed by atoms with Gasteiger partial charge in [0.15, 0.2) is 0 Å². The van der Waals surface area contributed by atoms with Crippen LogP contribution in [0.2, 0.25) is 0 Å². The third-order valence-corrected chi connectivity index (χ3v) is 3.22. The molecule has 1 amide bonds. The van der Waals surface area contributed by atoms with E-state index in [9.17, 15) is 4.79 Å². The van der Waals surface area contributed by atoms with Gasteiger partial charge in [0.25, 0.3) is 5.91 Å². The second kappa shape index (κ2) is 7.29. The van der Waals surface area contributed by atoms with Gasteiger partial charge in [-0.1, -0.05) is 39.8 Å². The molecule has 1 aromatic carbocycles. The van der Waals surface area contributed by atoms with Crippen molar-refractivity contribution in [2.45, 2.75) is 46.1 Å². The molecule has 3 N–H and O–H groups in total. The first-order chi connectivity index (χ1) is 8.93. The lowest BCUT2D eigenvalue weighted by molar-refractivity contribution is 0.0933. The van der Waals surface area contributed by atoms with Gasteiger partial charge < -0.3 is 11.1 Å². The first-order valence-corrected chi connectivity index (χ1v) is 7.05. The van der Waals surface area contributed by atoms with Gasteiger partial charge in [0.2, 0.25) is 0 Å². The van der Waals surface area contributed by atoms with Crippen LogP contribution in [0.4, 0.5) is 0 Å². The Hall–Kier alpha value is -1.35. The van der Waals surface area contributed by atoms with Crippen molar-refractivity contribution >= 4 is 5.91 Å². The molecule has 0 saturated carbocycles. The number of carbonyl (C=O) groups is 1. The maximum absolute atomic E-state index is 12.1. The molecule has 0 bridgehead atoms. The van der Waals surface area contributed by atoms with Crippen LogP contribution in [0.15, 0.2) is 24.3 Å². The van der Waals surface area contributed by atoms with Crippen molar-refractivity contribution in [2.24, 2.45) is 11.7 Å². The molecule has 0 saturated heterocycles. The maximum atomic E-state index is 12.1. The number of benzene rings is 1. The molecule has 0 aliphatic heterocycles. The highest BCUT2D eigenvalue weighted by molar-refractivity contribution is 5.94. The highest BCUT2D eigenvalue weighted by atomic mass is 16.1. The topological polar surface area (TPSA) is 55.1 Å². The number of amides is 1. The zero-order valence-electron chi connectivity index (χ0n) is 12.4. The predicted octanol–water partition coefficient (Wildman–Crippen LogP) is 2.91. The smallest absolute Gasteiger partial charge is 0.251 e. The molecule has 0 radical (unpaired) electrons. The van der Waals surface area contributed by atoms with Crippen LogP contribution in [0.1, 0.15) is 56.0 Å². The minimum absolute atomic E-state index is 0.0357. The van der Waals surface area contributed by atoms with E-state index in [1.165, 1.54) is 5.56 Å². The predicted molar refractivity (Wildman–Crippen MR) is 80.3 cm³/mol. The largest absolute Gasteiger partial charge is 0.348 e. The van der Waals surface area contributed by atoms with Crippen LogP contribution < -0.4 is 11.1 Å². The minimum Gasteiger partial charge on any atom is -0.348 e. The van der Waals surface area contributed by atoms with E-state index in [4.69, 9.17) is 5.73 Å². The third kappa shape index (κ3) is 5.03. The molecule has 0 spiro atoms. The Labute approximate surface area is 116 Å². The van der Waals surface area contributed by atoms with Crippen molar-refractivity contribution < 1.29 is 4.79 Å². The molecular formula is C16H26N2O. The molecule has 19 heavy (non-hydrogen) atoms. The highest BCUT2D eigenvalue weighted by Crippen LogP contribution is 2.15. The fourth-order valence-corrected chi connectivity index (χ4v) is 2.07. The van der Waals surface area contributed by atoms with Gasteiger partial charge in [0.1, 0.15) is 0 Å². The summed E-state index contributed by atoms with van der Waals surface area (Å²) in [6.45, 7) is 9.02. The van der Waals surface area contributed by atoms with Crippen LogP contribution in [0, 0.1) is 5.92 Å². The van der Waals surface area contributed by atoms with Crippen LogP contribution in [0.5, 0.6) is 0 Å². The molecule has 1 unspecified atom stereocenters. The van der Waals surface area contributed by atoms with Gasteiger partial charge in [0, 0.05) is 18.2 Å². The summed E-state index contributed by atoms with van der Waals surface area (Å²) >= 11 is 0. The highest BCUT2D eigenvalue weighted by Gasteiger charge is 2.13. The van der Waals surface area contributed by atoms with Crippen molar-refractivity contribution in [2.75, 3.05) is 6.54 Å². The molecule has 3 nitrogen and oxygen atoms in total. The summed E-state index contributed by atoms with van der Waals surface area (Å²) in [5.41, 5.74) is 7.64. The first-order valence-electron chi connectivity index (χ1n) is 7.05. The number of nitrogens with two attached hydrogens (primary N) is 1. The first kappa shape index (κ1) is 15.7. The molecule has 1 rings (SSSR count). The fraction of sp³-hybridized carbons (Fsp3) is 0.562. The monoisotopic (exact) mass is 262 g/mol. The van der Waals surface area contributed by atoms with E-state index in [1.807, 2.05) is 24.3 Å². The molecule has 0 aromatic heterocycles. The van der Waals surface area contributed by atoms with Gasteiger partial charge in [-0.2, -0.15) is 0 Å². The SMILES string of the molecule is CC(C)CC(CN)NC(=O)c1ccc(C(C)C)cc1. The zero-order chi connectivity index (χ0) is 14.4. The van der Waals surface area contributed by atoms with Crippen LogP contribution in [0.3, 0.4) is 0 Å². The molecule has 3 heteroatoms. The molecule has 1 atom stereocenters. The fourth-order valence-electron chi connectivity index (χ4n) is 2.07. The Morgan fingerprint density at radius 3 is 2.16 bits per heavy atom. The number of rotatable bonds is 6. The van der Waals surface area contributed by atoms with E-state index in [0.717, 1.165) is 6.42 Å². The second-order valence-corrected chi connectivity index (χ2v) is 5.81. The van der Waals surface area contributed by atoms with E-state index in [-0.39, 0.29) is 11.9 Å². The molecule has 0 aliphatic carbocycles. The number of carbonyl (C=O) groups excluding carboxylic acids is 1. The quantitative estimate of drug-likeness (QED) is 0.828. The van der Waals surface area contributed by atoms with Gasteiger partial charge in [-0.25, -0.2) is 0 Å². The molecule has 106 valence electrons. The van der Waals surface area contributed by atoms with Crippen LogP contribution in [0.25, 0.3) is 0 Å². The summed E-state index contributed by atoms with van der Waals surface area (Å²) < 4.78 is 0. The van der Waals surface area contributed by atoms with Crippen LogP contribution in [-0.2, 0) is 0 Å². The Balaban J connectivity index is 2.66. The molecule has 0 heterocycles. The lowest BCUT2D eigenvalue weighted by atomic mass is 10.0. The average molecular weight is 262 g/mol. The number of hydrogen-bond donors (Lipinski definition) is 2. The minimum atomic E-state index is -0.0357. The van der Waals surface area contributed by atoms with E-state index < -0.39 is 0 Å². The van der Waals surface area contributed by atoms with Crippen molar-refractivity contribution in [1.82, 2.24) is 5.32 Å². The summed E-state index contributed by atoms with van der Waals surface area (Å²) in [7, 11) is 0. The summed E-state index contributed by atoms with van der Waals surface area (Å²) in [4.78, 5) is 12.1. The molecular weight excluding hydrogens is 236 g/mol. The Morgan fingerprint density at radius 1 is 1.16 bits per heavy atom. The van der Waals surface area contributed by atoms with Gasteiger partial charge in [-0.05, 0) is 36.0 Å². The maximum Gasteiger partial charge on any atom is 0.251 e. The van der Waals surface area contributed by atoms with E-state index >= 15 is 0 Å². The Morgan fingerprint density at radius 2 is 1.74 bits per heavy atom. The normalized spacial score (nSPS) is 12.8. The van der Waals surface area contributed by atoms with Crippen molar-refractivity contribution in [3.05, 3.63) is 35.4 Å². The van der Waals surface area contributed by atoms with Gasteiger partial charge >= 0.3 is 0 Å². The van der Waals surface area contributed by atoms with Crippen molar-refractivity contribution in [1.29, 1.82) is 0 Å². The number of nitrogens with one attached hydrogen (secondary N) is 1. The summed E-state index contributed by atoms with van der Waals surface area (Å²) in [5, 5.41) is 3.00. The Kier molecular flexibility index (Phi) is 6.03. The summed E-state index contributed by atoms with van der Waals surface area (Å²) in [6.07, 6.45) is 0.909. The summed E-state index contributed by atoms with van der Waals surface area (Å²) in [5.74, 6) is 0.971. The standard InChI is InChI=1S/C16H26N2O/c1-11(2)9-15(10-17)18-16(19)14-7-5-13(6-8-14)12(3)4/h5-8,11-12,15H,9-10,17H2,1-4H3,(H,18,19). The van der Waals surface area contributed by atoms with Gasteiger partial charge in [0.05, 0.1) is 0 Å². The second-order valence-electron chi connectivity index (χ2n) is 5.81. The van der Waals surface area contributed by atoms with Gasteiger partial charge in [-0.15, -0.1) is 0 Å². The number of hydrogen-bond acceptors (Lipinski definition) is 2. The van der Waals surface area contributed by atoms with E-state index in [2.05, 4.69) is 33.0 Å². The average Bonchev–Trinajstić information content (AvgIpc) is 2.37. The van der Waals surface area contributed by atoms with Gasteiger partial charge in [-0.3, -0.25) is 4.79 Å². The molecule has 0 fully saturated rings. The van der Waals surface area contributed by atoms with Crippen LogP contribution in [-0.4, -0.2) is 18.5 Å². The van der Waals surface area contributed by atoms with Crippen LogP contribution >= 0.6 is 0 Å². The third-order valence-electron chi connectivity index (χ3n) is 3.22.